The number of amides is 1. The number of carbonyl (C=O) groups excluding carboxylic acids is 1. The highest BCUT2D eigenvalue weighted by Gasteiger charge is 2.19. The summed E-state index contributed by atoms with van der Waals surface area (Å²) in [5.74, 6) is -0.240. The van der Waals surface area contributed by atoms with E-state index in [1.165, 1.54) is 12.1 Å². The number of sulfonamides is 1. The van der Waals surface area contributed by atoms with Gasteiger partial charge in [0.25, 0.3) is 15.9 Å². The number of rotatable bonds is 5. The molecule has 0 saturated carbocycles. The minimum Gasteiger partial charge on any atom is -0.484 e. The molecule has 3 aromatic rings. The van der Waals surface area contributed by atoms with E-state index in [9.17, 15) is 13.2 Å². The highest BCUT2D eigenvalue weighted by molar-refractivity contribution is 9.10. The van der Waals surface area contributed by atoms with E-state index in [4.69, 9.17) is 4.74 Å². The number of carbonyl (C=O) groups is 1. The van der Waals surface area contributed by atoms with Crippen LogP contribution in [0.4, 0.5) is 0 Å². The summed E-state index contributed by atoms with van der Waals surface area (Å²) in [7, 11) is -3.96. The van der Waals surface area contributed by atoms with Crippen LogP contribution >= 0.6 is 15.9 Å². The van der Waals surface area contributed by atoms with Gasteiger partial charge in [-0.05, 0) is 60.5 Å². The molecule has 140 valence electrons. The van der Waals surface area contributed by atoms with Gasteiger partial charge in [-0.2, -0.15) is 0 Å². The van der Waals surface area contributed by atoms with Crippen molar-refractivity contribution in [3.05, 3.63) is 70.2 Å². The number of aryl methyl sites for hydroxylation is 2. The lowest BCUT2D eigenvalue weighted by molar-refractivity contribution is -0.121. The molecule has 0 bridgehead atoms. The van der Waals surface area contributed by atoms with Gasteiger partial charge in [-0.25, -0.2) is 13.1 Å². The van der Waals surface area contributed by atoms with Gasteiger partial charge in [0.1, 0.15) is 5.75 Å². The maximum atomic E-state index is 12.4. The number of hydrogen-bond acceptors (Lipinski definition) is 4. The van der Waals surface area contributed by atoms with Crippen LogP contribution in [0.15, 0.2) is 64.0 Å². The minimum absolute atomic E-state index is 0.0175. The lowest BCUT2D eigenvalue weighted by Crippen LogP contribution is -2.34. The second-order valence-corrected chi connectivity index (χ2v) is 8.89. The highest BCUT2D eigenvalue weighted by atomic mass is 79.9. The molecule has 7 heteroatoms. The van der Waals surface area contributed by atoms with E-state index < -0.39 is 22.5 Å². The molecular formula is C20H18BrNO4S. The zero-order valence-corrected chi connectivity index (χ0v) is 17.2. The van der Waals surface area contributed by atoms with Crippen molar-refractivity contribution in [3.63, 3.8) is 0 Å². The molecule has 1 N–H and O–H groups in total. The van der Waals surface area contributed by atoms with Crippen molar-refractivity contribution >= 4 is 42.6 Å². The van der Waals surface area contributed by atoms with Gasteiger partial charge in [-0.1, -0.05) is 45.8 Å². The number of benzene rings is 3. The fourth-order valence-corrected chi connectivity index (χ4v) is 4.54. The van der Waals surface area contributed by atoms with E-state index in [0.29, 0.717) is 10.2 Å². The molecule has 0 aliphatic carbocycles. The Bertz CT molecular complexity index is 1110. The predicted octanol–water partition coefficient (Wildman–Crippen LogP) is 4.10. The van der Waals surface area contributed by atoms with Gasteiger partial charge in [-0.3, -0.25) is 4.79 Å². The van der Waals surface area contributed by atoms with Crippen LogP contribution in [-0.4, -0.2) is 20.9 Å². The van der Waals surface area contributed by atoms with Crippen LogP contribution in [0.2, 0.25) is 0 Å². The Balaban J connectivity index is 1.68. The first-order valence-corrected chi connectivity index (χ1v) is 10.5. The second kappa shape index (κ2) is 7.70. The monoisotopic (exact) mass is 447 g/mol. The molecule has 3 rings (SSSR count). The lowest BCUT2D eigenvalue weighted by Gasteiger charge is -2.10. The van der Waals surface area contributed by atoms with Crippen LogP contribution in [0.1, 0.15) is 11.1 Å². The fourth-order valence-electron chi connectivity index (χ4n) is 2.68. The average Bonchev–Trinajstić information content (AvgIpc) is 2.58. The molecule has 0 aliphatic rings. The Kier molecular flexibility index (Phi) is 5.53. The molecule has 27 heavy (non-hydrogen) atoms. The summed E-state index contributed by atoms with van der Waals surface area (Å²) in [6, 6.07) is 16.2. The molecule has 1 amide bonds. The number of fused-ring (bicyclic) bond motifs is 1. The number of ether oxygens (including phenoxy) is 1. The van der Waals surface area contributed by atoms with Gasteiger partial charge >= 0.3 is 0 Å². The number of nitrogens with one attached hydrogen (secondary N) is 1. The fraction of sp³-hybridized carbons (Fsp3) is 0.150. The largest absolute Gasteiger partial charge is 0.484 e. The van der Waals surface area contributed by atoms with Crippen molar-refractivity contribution in [3.8, 4) is 5.75 Å². The first-order valence-electron chi connectivity index (χ1n) is 8.19. The van der Waals surface area contributed by atoms with Crippen LogP contribution in [0.3, 0.4) is 0 Å². The Labute approximate surface area is 166 Å². The van der Waals surface area contributed by atoms with Crippen molar-refractivity contribution in [2.75, 3.05) is 6.61 Å². The molecule has 0 spiro atoms. The van der Waals surface area contributed by atoms with Crippen LogP contribution in [-0.2, 0) is 14.8 Å². The number of hydrogen-bond donors (Lipinski definition) is 1. The number of halogens is 1. The van der Waals surface area contributed by atoms with E-state index in [0.717, 1.165) is 21.9 Å². The molecule has 0 saturated heterocycles. The molecule has 0 unspecified atom stereocenters. The Morgan fingerprint density at radius 1 is 0.963 bits per heavy atom. The first kappa shape index (κ1) is 19.4. The zero-order valence-electron chi connectivity index (χ0n) is 14.8. The van der Waals surface area contributed by atoms with Gasteiger partial charge < -0.3 is 4.74 Å². The summed E-state index contributed by atoms with van der Waals surface area (Å²) < 4.78 is 32.8. The summed E-state index contributed by atoms with van der Waals surface area (Å²) in [5, 5.41) is 2.05. The molecule has 0 atom stereocenters. The summed E-state index contributed by atoms with van der Waals surface area (Å²) in [5.41, 5.74) is 1.88. The van der Waals surface area contributed by atoms with Gasteiger partial charge in [0.05, 0.1) is 4.90 Å². The van der Waals surface area contributed by atoms with Crippen LogP contribution in [0, 0.1) is 13.8 Å². The summed E-state index contributed by atoms with van der Waals surface area (Å²) in [4.78, 5) is 12.1. The standard InChI is InChI=1S/C20H18BrNO4S/c1-13-3-4-15-5-6-18(10-16(15)7-13)26-12-20(23)22-27(24,25)19-9-14(2)8-17(21)11-19/h3-11H,12H2,1-2H3,(H,22,23). The summed E-state index contributed by atoms with van der Waals surface area (Å²) in [6.45, 7) is 3.37. The second-order valence-electron chi connectivity index (χ2n) is 6.29. The van der Waals surface area contributed by atoms with E-state index >= 15 is 0 Å². The molecule has 0 aliphatic heterocycles. The molecule has 5 nitrogen and oxygen atoms in total. The molecule has 3 aromatic carbocycles. The zero-order chi connectivity index (χ0) is 19.6. The van der Waals surface area contributed by atoms with E-state index in [1.807, 2.05) is 42.0 Å². The molecule has 0 radical (unpaired) electrons. The lowest BCUT2D eigenvalue weighted by atomic mass is 10.1. The van der Waals surface area contributed by atoms with Crippen LogP contribution in [0.5, 0.6) is 5.75 Å². The SMILES string of the molecule is Cc1cc(Br)cc(S(=O)(=O)NC(=O)COc2ccc3ccc(C)cc3c2)c1. The third-order valence-corrected chi connectivity index (χ3v) is 5.72. The van der Waals surface area contributed by atoms with Crippen molar-refractivity contribution in [2.24, 2.45) is 0 Å². The Morgan fingerprint density at radius 3 is 2.44 bits per heavy atom. The van der Waals surface area contributed by atoms with Gasteiger partial charge in [0.15, 0.2) is 6.61 Å². The molecule has 0 aromatic heterocycles. The van der Waals surface area contributed by atoms with Gasteiger partial charge in [0, 0.05) is 4.47 Å². The summed E-state index contributed by atoms with van der Waals surface area (Å²) in [6.07, 6.45) is 0. The first-order chi connectivity index (χ1) is 12.7. The third-order valence-electron chi connectivity index (χ3n) is 3.91. The van der Waals surface area contributed by atoms with Crippen molar-refractivity contribution in [1.82, 2.24) is 4.72 Å². The maximum Gasteiger partial charge on any atom is 0.271 e. The van der Waals surface area contributed by atoms with Crippen molar-refractivity contribution in [1.29, 1.82) is 0 Å². The topological polar surface area (TPSA) is 72.5 Å². The van der Waals surface area contributed by atoms with Gasteiger partial charge in [0.2, 0.25) is 0 Å². The van der Waals surface area contributed by atoms with E-state index in [1.54, 1.807) is 19.1 Å². The van der Waals surface area contributed by atoms with E-state index in [-0.39, 0.29) is 4.90 Å². The maximum absolute atomic E-state index is 12.4. The van der Waals surface area contributed by atoms with Crippen molar-refractivity contribution in [2.45, 2.75) is 18.7 Å². The quantitative estimate of drug-likeness (QED) is 0.638. The predicted molar refractivity (Wildman–Crippen MR) is 108 cm³/mol. The average molecular weight is 448 g/mol. The van der Waals surface area contributed by atoms with E-state index in [2.05, 4.69) is 15.9 Å². The normalized spacial score (nSPS) is 11.4. The van der Waals surface area contributed by atoms with Gasteiger partial charge in [-0.15, -0.1) is 0 Å². The van der Waals surface area contributed by atoms with Crippen molar-refractivity contribution < 1.29 is 17.9 Å². The molecule has 0 heterocycles. The highest BCUT2D eigenvalue weighted by Crippen LogP contribution is 2.22. The van der Waals surface area contributed by atoms with Crippen LogP contribution in [0.25, 0.3) is 10.8 Å². The Hall–Kier alpha value is -2.38. The Morgan fingerprint density at radius 2 is 1.70 bits per heavy atom. The third kappa shape index (κ3) is 4.87. The minimum atomic E-state index is -3.96. The van der Waals surface area contributed by atoms with Crippen LogP contribution < -0.4 is 9.46 Å². The molecule has 0 fully saturated rings. The molecular weight excluding hydrogens is 430 g/mol. The smallest absolute Gasteiger partial charge is 0.271 e. The summed E-state index contributed by atoms with van der Waals surface area (Å²) >= 11 is 3.26.